The number of hydrogen-bond donors (Lipinski definition) is 0. The van der Waals surface area contributed by atoms with Gasteiger partial charge < -0.3 is 9.47 Å². The molecule has 2 aromatic heterocycles. The summed E-state index contributed by atoms with van der Waals surface area (Å²) in [6.45, 7) is 0.416. The fraction of sp³-hybridized carbons (Fsp3) is 0.143. The Hall–Kier alpha value is -3.18. The van der Waals surface area contributed by atoms with Gasteiger partial charge in [0.15, 0.2) is 5.65 Å². The Morgan fingerprint density at radius 2 is 1.69 bits per heavy atom. The van der Waals surface area contributed by atoms with Crippen molar-refractivity contribution in [2.24, 2.45) is 0 Å². The van der Waals surface area contributed by atoms with E-state index in [-0.39, 0.29) is 0 Å². The number of aromatic nitrogens is 3. The van der Waals surface area contributed by atoms with Crippen LogP contribution in [0.25, 0.3) is 28.0 Å². The summed E-state index contributed by atoms with van der Waals surface area (Å²) < 4.78 is 12.8. The van der Waals surface area contributed by atoms with E-state index in [0.29, 0.717) is 6.61 Å². The quantitative estimate of drug-likeness (QED) is 0.543. The van der Waals surface area contributed by atoms with Gasteiger partial charge in [0.25, 0.3) is 0 Å². The van der Waals surface area contributed by atoms with Crippen molar-refractivity contribution in [1.82, 2.24) is 14.6 Å². The Kier molecular flexibility index (Phi) is 4.37. The lowest BCUT2D eigenvalue weighted by Gasteiger charge is -2.09. The molecule has 0 fully saturated rings. The molecule has 0 saturated carbocycles. The summed E-state index contributed by atoms with van der Waals surface area (Å²) in [5, 5.41) is 4.80. The highest BCUT2D eigenvalue weighted by atomic mass is 16.5. The van der Waals surface area contributed by atoms with Gasteiger partial charge in [-0.05, 0) is 23.8 Å². The number of methoxy groups -OCH3 is 2. The van der Waals surface area contributed by atoms with E-state index in [0.717, 1.165) is 39.5 Å². The van der Waals surface area contributed by atoms with Gasteiger partial charge in [0.1, 0.15) is 5.75 Å². The minimum atomic E-state index is 0.416. The molecule has 0 unspecified atom stereocenters. The third-order valence-electron chi connectivity index (χ3n) is 4.32. The average Bonchev–Trinajstić information content (AvgIpc) is 3.07. The molecule has 0 saturated heterocycles. The van der Waals surface area contributed by atoms with Crippen molar-refractivity contribution in [3.63, 3.8) is 0 Å². The van der Waals surface area contributed by atoms with Gasteiger partial charge >= 0.3 is 0 Å². The lowest BCUT2D eigenvalue weighted by atomic mass is 10.1. The van der Waals surface area contributed by atoms with Crippen molar-refractivity contribution >= 4 is 5.65 Å². The molecule has 0 aliphatic rings. The highest BCUT2D eigenvalue weighted by molar-refractivity contribution is 5.82. The first kappa shape index (κ1) is 16.3. The van der Waals surface area contributed by atoms with Crippen molar-refractivity contribution in [2.75, 3.05) is 14.2 Å². The number of para-hydroxylation sites is 1. The summed E-state index contributed by atoms with van der Waals surface area (Å²) >= 11 is 0. The zero-order valence-corrected chi connectivity index (χ0v) is 14.7. The molecule has 0 spiro atoms. The van der Waals surface area contributed by atoms with E-state index in [1.165, 1.54) is 0 Å². The molecule has 0 radical (unpaired) electrons. The van der Waals surface area contributed by atoms with Crippen LogP contribution in [0.2, 0.25) is 0 Å². The molecule has 26 heavy (non-hydrogen) atoms. The molecule has 2 heterocycles. The Balaban J connectivity index is 2.01. The summed E-state index contributed by atoms with van der Waals surface area (Å²) in [6, 6.07) is 20.0. The van der Waals surface area contributed by atoms with Crippen LogP contribution < -0.4 is 4.74 Å². The summed E-state index contributed by atoms with van der Waals surface area (Å²) in [5.41, 5.74) is 5.60. The minimum absolute atomic E-state index is 0.416. The first-order valence-electron chi connectivity index (χ1n) is 8.38. The molecule has 0 bridgehead atoms. The molecule has 0 atom stereocenters. The van der Waals surface area contributed by atoms with Gasteiger partial charge in [-0.25, -0.2) is 9.50 Å². The molecule has 0 N–H and O–H groups in total. The Bertz CT molecular complexity index is 1040. The van der Waals surface area contributed by atoms with Crippen LogP contribution in [0, 0.1) is 0 Å². The predicted molar refractivity (Wildman–Crippen MR) is 101 cm³/mol. The maximum absolute atomic E-state index is 5.53. The van der Waals surface area contributed by atoms with E-state index in [1.807, 2.05) is 59.2 Å². The Morgan fingerprint density at radius 3 is 2.46 bits per heavy atom. The second-order valence-electron chi connectivity index (χ2n) is 5.89. The second kappa shape index (κ2) is 6.98. The van der Waals surface area contributed by atoms with Crippen LogP contribution in [0.5, 0.6) is 5.75 Å². The van der Waals surface area contributed by atoms with Crippen LogP contribution in [0.3, 0.4) is 0 Å². The van der Waals surface area contributed by atoms with Crippen LogP contribution in [0.15, 0.2) is 66.9 Å². The van der Waals surface area contributed by atoms with Crippen molar-refractivity contribution in [3.05, 3.63) is 72.6 Å². The molecule has 4 rings (SSSR count). The smallest absolute Gasteiger partial charge is 0.163 e. The van der Waals surface area contributed by atoms with E-state index >= 15 is 0 Å². The van der Waals surface area contributed by atoms with Crippen LogP contribution >= 0.6 is 0 Å². The summed E-state index contributed by atoms with van der Waals surface area (Å²) in [7, 11) is 3.35. The van der Waals surface area contributed by atoms with Gasteiger partial charge in [-0.15, -0.1) is 0 Å². The fourth-order valence-corrected chi connectivity index (χ4v) is 3.19. The van der Waals surface area contributed by atoms with E-state index in [1.54, 1.807) is 14.2 Å². The lowest BCUT2D eigenvalue weighted by molar-refractivity contribution is 0.181. The van der Waals surface area contributed by atoms with Gasteiger partial charge in [0.05, 0.1) is 30.7 Å². The van der Waals surface area contributed by atoms with E-state index in [4.69, 9.17) is 14.6 Å². The van der Waals surface area contributed by atoms with Crippen LogP contribution in [0.4, 0.5) is 0 Å². The molecule has 0 aliphatic carbocycles. The van der Waals surface area contributed by atoms with E-state index in [9.17, 15) is 0 Å². The molecule has 5 nitrogen and oxygen atoms in total. The SMILES string of the molecule is COCc1nn2c(-c3ccccc3OC)ccnc2c1-c1ccccc1. The molecule has 4 aromatic rings. The van der Waals surface area contributed by atoms with Gasteiger partial charge in [-0.3, -0.25) is 0 Å². The van der Waals surface area contributed by atoms with Crippen LogP contribution in [-0.2, 0) is 11.3 Å². The van der Waals surface area contributed by atoms with Crippen LogP contribution in [-0.4, -0.2) is 28.8 Å². The normalized spacial score (nSPS) is 11.0. The van der Waals surface area contributed by atoms with Gasteiger partial charge in [0.2, 0.25) is 0 Å². The maximum Gasteiger partial charge on any atom is 0.163 e. The molecule has 0 amide bonds. The third-order valence-corrected chi connectivity index (χ3v) is 4.32. The molecular weight excluding hydrogens is 326 g/mol. The van der Waals surface area contributed by atoms with Gasteiger partial charge in [-0.1, -0.05) is 42.5 Å². The summed E-state index contributed by atoms with van der Waals surface area (Å²) in [6.07, 6.45) is 1.81. The maximum atomic E-state index is 5.53. The van der Waals surface area contributed by atoms with Gasteiger partial charge in [0, 0.05) is 18.9 Å². The number of fused-ring (bicyclic) bond motifs is 1. The van der Waals surface area contributed by atoms with E-state index < -0.39 is 0 Å². The molecule has 0 aliphatic heterocycles. The topological polar surface area (TPSA) is 48.7 Å². The number of nitrogens with zero attached hydrogens (tertiary/aromatic N) is 3. The Labute approximate surface area is 151 Å². The first-order chi connectivity index (χ1) is 12.8. The van der Waals surface area contributed by atoms with Gasteiger partial charge in [-0.2, -0.15) is 5.10 Å². The summed E-state index contributed by atoms with van der Waals surface area (Å²) in [5.74, 6) is 0.796. The zero-order valence-electron chi connectivity index (χ0n) is 14.7. The molecule has 130 valence electrons. The standard InChI is InChI=1S/C21H19N3O2/c1-25-14-17-20(15-8-4-3-5-9-15)21-22-13-12-18(24(21)23-17)16-10-6-7-11-19(16)26-2/h3-13H,14H2,1-2H3. The van der Waals surface area contributed by atoms with E-state index in [2.05, 4.69) is 17.1 Å². The van der Waals surface area contributed by atoms with Crippen molar-refractivity contribution in [1.29, 1.82) is 0 Å². The number of benzene rings is 2. The number of rotatable bonds is 5. The van der Waals surface area contributed by atoms with Crippen molar-refractivity contribution in [2.45, 2.75) is 6.61 Å². The van der Waals surface area contributed by atoms with Crippen molar-refractivity contribution < 1.29 is 9.47 Å². The molecule has 2 aromatic carbocycles. The largest absolute Gasteiger partial charge is 0.496 e. The highest BCUT2D eigenvalue weighted by Crippen LogP contribution is 2.33. The zero-order chi connectivity index (χ0) is 17.9. The second-order valence-corrected chi connectivity index (χ2v) is 5.89. The number of ether oxygens (including phenoxy) is 2. The molecule has 5 heteroatoms. The molecular formula is C21H19N3O2. The van der Waals surface area contributed by atoms with Crippen LogP contribution in [0.1, 0.15) is 5.69 Å². The average molecular weight is 345 g/mol. The minimum Gasteiger partial charge on any atom is -0.496 e. The fourth-order valence-electron chi connectivity index (χ4n) is 3.19. The monoisotopic (exact) mass is 345 g/mol. The Morgan fingerprint density at radius 1 is 0.923 bits per heavy atom. The summed E-state index contributed by atoms with van der Waals surface area (Å²) in [4.78, 5) is 4.61. The number of hydrogen-bond acceptors (Lipinski definition) is 4. The highest BCUT2D eigenvalue weighted by Gasteiger charge is 2.19. The van der Waals surface area contributed by atoms with Crippen molar-refractivity contribution in [3.8, 4) is 28.1 Å². The lowest BCUT2D eigenvalue weighted by Crippen LogP contribution is -1.98. The third kappa shape index (κ3) is 2.72. The predicted octanol–water partition coefficient (Wildman–Crippen LogP) is 4.22. The first-order valence-corrected chi connectivity index (χ1v) is 8.38.